The molecule has 152 valence electrons. The highest BCUT2D eigenvalue weighted by Gasteiger charge is 2.29. The summed E-state index contributed by atoms with van der Waals surface area (Å²) < 4.78 is 37.8. The van der Waals surface area contributed by atoms with E-state index < -0.39 is 11.7 Å². The number of carbonyl (C=O) groups is 1. The molecule has 4 rings (SSSR count). The highest BCUT2D eigenvalue weighted by molar-refractivity contribution is 5.90. The Balaban J connectivity index is 1.39. The van der Waals surface area contributed by atoms with Gasteiger partial charge in [-0.05, 0) is 53.9 Å². The zero-order valence-electron chi connectivity index (χ0n) is 15.8. The largest absolute Gasteiger partial charge is 0.416 e. The molecule has 0 aliphatic rings. The maximum absolute atomic E-state index is 12.6. The number of fused-ring (bicyclic) bond motifs is 1. The highest BCUT2D eigenvalue weighted by Crippen LogP contribution is 2.30. The van der Waals surface area contributed by atoms with Crippen LogP contribution in [0.15, 0.2) is 73.1 Å². The number of pyridine rings is 1. The summed E-state index contributed by atoms with van der Waals surface area (Å²) in [5.41, 5.74) is 3.40. The molecule has 0 atom stereocenters. The zero-order chi connectivity index (χ0) is 21.1. The molecule has 0 aliphatic heterocycles. The first-order valence-corrected chi connectivity index (χ1v) is 9.38. The van der Waals surface area contributed by atoms with Crippen LogP contribution in [0.2, 0.25) is 0 Å². The molecule has 0 saturated carbocycles. The van der Waals surface area contributed by atoms with Gasteiger partial charge in [0.1, 0.15) is 5.65 Å². The van der Waals surface area contributed by atoms with Gasteiger partial charge in [-0.25, -0.2) is 4.98 Å². The van der Waals surface area contributed by atoms with Crippen LogP contribution in [0, 0.1) is 0 Å². The average Bonchev–Trinajstić information content (AvgIpc) is 3.20. The lowest BCUT2D eigenvalue weighted by Crippen LogP contribution is -2.12. The molecule has 0 spiro atoms. The van der Waals surface area contributed by atoms with Gasteiger partial charge in [0.15, 0.2) is 0 Å². The Morgan fingerprint density at radius 2 is 1.80 bits per heavy atom. The quantitative estimate of drug-likeness (QED) is 0.436. The molecular weight excluding hydrogens is 391 g/mol. The number of amides is 1. The maximum Gasteiger partial charge on any atom is 0.416 e. The number of anilines is 1. The van der Waals surface area contributed by atoms with Gasteiger partial charge in [-0.1, -0.05) is 24.3 Å². The molecule has 2 aromatic carbocycles. The normalized spacial score (nSPS) is 11.6. The molecule has 4 nitrogen and oxygen atoms in total. The highest BCUT2D eigenvalue weighted by atomic mass is 19.4. The van der Waals surface area contributed by atoms with Crippen LogP contribution < -0.4 is 5.32 Å². The van der Waals surface area contributed by atoms with E-state index in [1.165, 1.54) is 12.1 Å². The number of aryl methyl sites for hydroxylation is 1. The molecule has 2 N–H and O–H groups in total. The van der Waals surface area contributed by atoms with Crippen molar-refractivity contribution in [2.75, 3.05) is 5.32 Å². The van der Waals surface area contributed by atoms with E-state index in [9.17, 15) is 18.0 Å². The third kappa shape index (κ3) is 4.51. The van der Waals surface area contributed by atoms with Crippen LogP contribution in [0.25, 0.3) is 22.2 Å². The van der Waals surface area contributed by atoms with Crippen LogP contribution in [0.3, 0.4) is 0 Å². The van der Waals surface area contributed by atoms with Gasteiger partial charge in [-0.15, -0.1) is 0 Å². The van der Waals surface area contributed by atoms with Crippen LogP contribution in [0.4, 0.5) is 18.9 Å². The van der Waals surface area contributed by atoms with E-state index in [2.05, 4.69) is 21.4 Å². The van der Waals surface area contributed by atoms with Crippen molar-refractivity contribution in [2.24, 2.45) is 0 Å². The molecule has 0 radical (unpaired) electrons. The first kappa shape index (κ1) is 19.7. The lowest BCUT2D eigenvalue weighted by atomic mass is 10.0. The molecule has 2 aromatic heterocycles. The van der Waals surface area contributed by atoms with Gasteiger partial charge in [0, 0.05) is 35.5 Å². The Morgan fingerprint density at radius 3 is 2.57 bits per heavy atom. The SMILES string of the molecule is O=C(CCc1cccc(-c2cnc3[nH]ccc3c2)c1)Nc1ccc(C(F)(F)F)cc1. The van der Waals surface area contributed by atoms with Gasteiger partial charge in [0.05, 0.1) is 5.56 Å². The predicted molar refractivity (Wildman–Crippen MR) is 110 cm³/mol. The number of hydrogen-bond donors (Lipinski definition) is 2. The number of alkyl halides is 3. The monoisotopic (exact) mass is 409 g/mol. The smallest absolute Gasteiger partial charge is 0.346 e. The topological polar surface area (TPSA) is 57.8 Å². The molecule has 7 heteroatoms. The number of rotatable bonds is 5. The number of nitrogens with one attached hydrogen (secondary N) is 2. The first-order valence-electron chi connectivity index (χ1n) is 9.38. The van der Waals surface area contributed by atoms with E-state index >= 15 is 0 Å². The summed E-state index contributed by atoms with van der Waals surface area (Å²) in [5.74, 6) is -0.254. The summed E-state index contributed by atoms with van der Waals surface area (Å²) in [6.45, 7) is 0. The standard InChI is InChI=1S/C23H18F3N3O/c24-23(25,26)19-5-7-20(8-6-19)29-21(30)9-4-15-2-1-3-16(12-15)18-13-17-10-11-27-22(17)28-14-18/h1-3,5-8,10-14H,4,9H2,(H,27,28)(H,29,30). The number of aromatic amines is 1. The molecule has 0 saturated heterocycles. The third-order valence-corrected chi connectivity index (χ3v) is 4.80. The minimum absolute atomic E-state index is 0.222. The summed E-state index contributed by atoms with van der Waals surface area (Å²) in [4.78, 5) is 19.7. The Labute approximate surface area is 170 Å². The lowest BCUT2D eigenvalue weighted by molar-refractivity contribution is -0.137. The van der Waals surface area contributed by atoms with Gasteiger partial charge < -0.3 is 10.3 Å². The number of halogens is 3. The van der Waals surface area contributed by atoms with Crippen molar-refractivity contribution >= 4 is 22.6 Å². The van der Waals surface area contributed by atoms with Crippen LogP contribution >= 0.6 is 0 Å². The Bertz CT molecular complexity index is 1180. The average molecular weight is 409 g/mol. The molecule has 0 unspecified atom stereocenters. The molecule has 1 amide bonds. The molecule has 0 bridgehead atoms. The number of aromatic nitrogens is 2. The minimum Gasteiger partial charge on any atom is -0.346 e. The van der Waals surface area contributed by atoms with Crippen molar-refractivity contribution in [3.63, 3.8) is 0 Å². The Morgan fingerprint density at radius 1 is 1.00 bits per heavy atom. The van der Waals surface area contributed by atoms with Crippen molar-refractivity contribution in [3.8, 4) is 11.1 Å². The zero-order valence-corrected chi connectivity index (χ0v) is 15.8. The van der Waals surface area contributed by atoms with Gasteiger partial charge >= 0.3 is 6.18 Å². The summed E-state index contributed by atoms with van der Waals surface area (Å²) in [7, 11) is 0. The summed E-state index contributed by atoms with van der Waals surface area (Å²) in [6.07, 6.45) is -0.0170. The van der Waals surface area contributed by atoms with Crippen molar-refractivity contribution in [1.82, 2.24) is 9.97 Å². The molecule has 4 aromatic rings. The Hall–Kier alpha value is -3.61. The first-order chi connectivity index (χ1) is 14.4. The fourth-order valence-corrected chi connectivity index (χ4v) is 3.23. The minimum atomic E-state index is -4.39. The van der Waals surface area contributed by atoms with E-state index in [-0.39, 0.29) is 12.3 Å². The van der Waals surface area contributed by atoms with Gasteiger partial charge in [-0.2, -0.15) is 13.2 Å². The second kappa shape index (κ2) is 8.02. The van der Waals surface area contributed by atoms with Crippen LogP contribution in [-0.2, 0) is 17.4 Å². The van der Waals surface area contributed by atoms with Crippen molar-refractivity contribution in [1.29, 1.82) is 0 Å². The molecule has 30 heavy (non-hydrogen) atoms. The fourth-order valence-electron chi connectivity index (χ4n) is 3.23. The number of H-pyrrole nitrogens is 1. The van der Waals surface area contributed by atoms with Crippen molar-refractivity contribution in [3.05, 3.63) is 84.2 Å². The Kier molecular flexibility index (Phi) is 5.27. The van der Waals surface area contributed by atoms with E-state index in [0.29, 0.717) is 12.1 Å². The maximum atomic E-state index is 12.6. The van der Waals surface area contributed by atoms with E-state index in [1.807, 2.05) is 36.5 Å². The van der Waals surface area contributed by atoms with Gasteiger partial charge in [-0.3, -0.25) is 4.79 Å². The number of hydrogen-bond acceptors (Lipinski definition) is 2. The van der Waals surface area contributed by atoms with Crippen LogP contribution in [0.5, 0.6) is 0 Å². The number of nitrogens with zero attached hydrogens (tertiary/aromatic N) is 1. The summed E-state index contributed by atoms with van der Waals surface area (Å²) in [5, 5.41) is 3.66. The summed E-state index contributed by atoms with van der Waals surface area (Å²) in [6, 6.07) is 16.3. The van der Waals surface area contributed by atoms with E-state index in [1.54, 1.807) is 6.20 Å². The van der Waals surface area contributed by atoms with Crippen molar-refractivity contribution < 1.29 is 18.0 Å². The molecule has 0 fully saturated rings. The predicted octanol–water partition coefficient (Wildman–Crippen LogP) is 5.82. The molecular formula is C23H18F3N3O. The fraction of sp³-hybridized carbons (Fsp3) is 0.130. The second-order valence-corrected chi connectivity index (χ2v) is 6.96. The van der Waals surface area contributed by atoms with Crippen molar-refractivity contribution in [2.45, 2.75) is 19.0 Å². The van der Waals surface area contributed by atoms with E-state index in [0.717, 1.165) is 39.9 Å². The van der Waals surface area contributed by atoms with Crippen LogP contribution in [0.1, 0.15) is 17.5 Å². The second-order valence-electron chi connectivity index (χ2n) is 6.96. The lowest BCUT2D eigenvalue weighted by Gasteiger charge is -2.09. The third-order valence-electron chi connectivity index (χ3n) is 4.80. The van der Waals surface area contributed by atoms with Gasteiger partial charge in [0.25, 0.3) is 0 Å². The van der Waals surface area contributed by atoms with Gasteiger partial charge in [0.2, 0.25) is 5.91 Å². The van der Waals surface area contributed by atoms with Crippen LogP contribution in [-0.4, -0.2) is 15.9 Å². The number of benzene rings is 2. The molecule has 0 aliphatic carbocycles. The number of carbonyl (C=O) groups excluding carboxylic acids is 1. The molecule has 2 heterocycles. The van der Waals surface area contributed by atoms with E-state index in [4.69, 9.17) is 0 Å². The summed E-state index contributed by atoms with van der Waals surface area (Å²) >= 11 is 0.